The molecule has 0 saturated carbocycles. The molecular weight excluding hydrogens is 354 g/mol. The lowest BCUT2D eigenvalue weighted by atomic mass is 9.99. The molecule has 8 nitrogen and oxygen atoms in total. The van der Waals surface area contributed by atoms with Crippen molar-refractivity contribution in [1.82, 2.24) is 24.9 Å². The molecule has 0 atom stereocenters. The topological polar surface area (TPSA) is 69.0 Å². The summed E-state index contributed by atoms with van der Waals surface area (Å²) in [5, 5.41) is 7.59. The highest BCUT2D eigenvalue weighted by atomic mass is 16.2. The van der Waals surface area contributed by atoms with Crippen LogP contribution in [-0.4, -0.2) is 84.3 Å². The van der Waals surface area contributed by atoms with Crippen molar-refractivity contribution in [2.45, 2.75) is 32.6 Å². The lowest BCUT2D eigenvalue weighted by Crippen LogP contribution is -2.55. The molecule has 8 heteroatoms. The quantitative estimate of drug-likeness (QED) is 0.449. The predicted molar refractivity (Wildman–Crippen MR) is 113 cm³/mol. The molecule has 2 fully saturated rings. The Bertz CT molecular complexity index is 663. The van der Waals surface area contributed by atoms with Crippen LogP contribution < -0.4 is 10.2 Å². The summed E-state index contributed by atoms with van der Waals surface area (Å²) in [6.45, 7) is 8.71. The minimum Gasteiger partial charge on any atom is -0.356 e. The summed E-state index contributed by atoms with van der Waals surface area (Å²) in [6.07, 6.45) is 8.61. The summed E-state index contributed by atoms with van der Waals surface area (Å²) in [6, 6.07) is 0. The number of aliphatic imine (C=N–C) groups is 1. The van der Waals surface area contributed by atoms with Gasteiger partial charge in [0.05, 0.1) is 11.9 Å². The predicted octanol–water partition coefficient (Wildman–Crippen LogP) is 1.16. The number of hydrogen-bond acceptors (Lipinski definition) is 4. The van der Waals surface area contributed by atoms with E-state index in [1.807, 2.05) is 18.1 Å². The summed E-state index contributed by atoms with van der Waals surface area (Å²) >= 11 is 0. The van der Waals surface area contributed by atoms with Crippen LogP contribution in [0.2, 0.25) is 0 Å². The minimum absolute atomic E-state index is 0.0847. The molecule has 2 aliphatic heterocycles. The molecule has 28 heavy (non-hydrogen) atoms. The van der Waals surface area contributed by atoms with Gasteiger partial charge < -0.3 is 20.0 Å². The summed E-state index contributed by atoms with van der Waals surface area (Å²) in [4.78, 5) is 23.4. The van der Waals surface area contributed by atoms with E-state index >= 15 is 0 Å². The van der Waals surface area contributed by atoms with E-state index in [1.54, 1.807) is 22.8 Å². The van der Waals surface area contributed by atoms with E-state index in [-0.39, 0.29) is 5.91 Å². The van der Waals surface area contributed by atoms with Gasteiger partial charge in [-0.25, -0.2) is 0 Å². The molecule has 0 bridgehead atoms. The highest BCUT2D eigenvalue weighted by molar-refractivity contribution is 5.98. The highest BCUT2D eigenvalue weighted by Gasteiger charge is 2.27. The Balaban J connectivity index is 1.37. The molecule has 156 valence electrons. The molecule has 1 N–H and O–H groups in total. The standard InChI is InChI=1S/C20H35N7O/c1-17-6-10-25(11-7-17)9-5-4-8-22-20(21-2)26-12-13-27(19(28)16-26)18-14-23-24(3)15-18/h14-15,17H,4-13,16H2,1-3H3,(H,21,22). The van der Waals surface area contributed by atoms with Crippen molar-refractivity contribution >= 4 is 17.6 Å². The molecule has 2 saturated heterocycles. The molecule has 1 amide bonds. The zero-order valence-electron chi connectivity index (χ0n) is 17.6. The molecular formula is C20H35N7O. The van der Waals surface area contributed by atoms with E-state index in [2.05, 4.69) is 27.2 Å². The third kappa shape index (κ3) is 5.47. The average Bonchev–Trinajstić information content (AvgIpc) is 3.12. The summed E-state index contributed by atoms with van der Waals surface area (Å²) in [5.74, 6) is 1.80. The average molecular weight is 390 g/mol. The molecule has 0 radical (unpaired) electrons. The number of nitrogens with zero attached hydrogens (tertiary/aromatic N) is 6. The van der Waals surface area contributed by atoms with Crippen molar-refractivity contribution in [1.29, 1.82) is 0 Å². The lowest BCUT2D eigenvalue weighted by molar-refractivity contribution is -0.120. The van der Waals surface area contributed by atoms with Gasteiger partial charge >= 0.3 is 0 Å². The van der Waals surface area contributed by atoms with Gasteiger partial charge in [-0.15, -0.1) is 0 Å². The van der Waals surface area contributed by atoms with Crippen molar-refractivity contribution in [2.75, 3.05) is 57.8 Å². The van der Waals surface area contributed by atoms with E-state index < -0.39 is 0 Å². The maximum absolute atomic E-state index is 12.6. The van der Waals surface area contributed by atoms with E-state index in [9.17, 15) is 4.79 Å². The number of unbranched alkanes of at least 4 members (excludes halogenated alkanes) is 1. The summed E-state index contributed by atoms with van der Waals surface area (Å²) in [5.41, 5.74) is 0.863. The minimum atomic E-state index is 0.0847. The number of hydrogen-bond donors (Lipinski definition) is 1. The fourth-order valence-electron chi connectivity index (χ4n) is 3.95. The lowest BCUT2D eigenvalue weighted by Gasteiger charge is -2.35. The van der Waals surface area contributed by atoms with Crippen LogP contribution in [0.1, 0.15) is 32.6 Å². The van der Waals surface area contributed by atoms with Gasteiger partial charge in [0.15, 0.2) is 5.96 Å². The number of carbonyl (C=O) groups excluding carboxylic acids is 1. The third-order valence-corrected chi connectivity index (χ3v) is 5.80. The number of nitrogens with one attached hydrogen (secondary N) is 1. The fourth-order valence-corrected chi connectivity index (χ4v) is 3.95. The number of likely N-dealkylation sites (tertiary alicyclic amines) is 1. The van der Waals surface area contributed by atoms with E-state index in [0.717, 1.165) is 37.1 Å². The van der Waals surface area contributed by atoms with Gasteiger partial charge in [-0.2, -0.15) is 5.10 Å². The number of carbonyl (C=O) groups is 1. The van der Waals surface area contributed by atoms with E-state index in [4.69, 9.17) is 0 Å². The molecule has 0 aliphatic carbocycles. The van der Waals surface area contributed by atoms with E-state index in [1.165, 1.54) is 38.9 Å². The Labute approximate surface area is 168 Å². The van der Waals surface area contributed by atoms with Crippen LogP contribution in [0.25, 0.3) is 0 Å². The van der Waals surface area contributed by atoms with Gasteiger partial charge in [-0.3, -0.25) is 14.5 Å². The van der Waals surface area contributed by atoms with Gasteiger partial charge in [0.25, 0.3) is 0 Å². The van der Waals surface area contributed by atoms with Crippen molar-refractivity contribution in [3.05, 3.63) is 12.4 Å². The second-order valence-electron chi connectivity index (χ2n) is 8.04. The van der Waals surface area contributed by atoms with Gasteiger partial charge in [-0.1, -0.05) is 6.92 Å². The number of aromatic nitrogens is 2. The molecule has 2 aliphatic rings. The van der Waals surface area contributed by atoms with Crippen molar-refractivity contribution < 1.29 is 4.79 Å². The molecule has 0 spiro atoms. The number of aryl methyl sites for hydroxylation is 1. The SMILES string of the molecule is CN=C(NCCCCN1CCC(C)CC1)N1CCN(c2cnn(C)c2)C(=O)C1. The van der Waals surface area contributed by atoms with Crippen LogP contribution in [0, 0.1) is 5.92 Å². The van der Waals surface area contributed by atoms with Gasteiger partial charge in [0, 0.05) is 39.9 Å². The Morgan fingerprint density at radius 1 is 1.25 bits per heavy atom. The maximum Gasteiger partial charge on any atom is 0.246 e. The Morgan fingerprint density at radius 2 is 2.04 bits per heavy atom. The zero-order valence-corrected chi connectivity index (χ0v) is 17.6. The first kappa shape index (κ1) is 20.6. The van der Waals surface area contributed by atoms with Crippen molar-refractivity contribution in [3.63, 3.8) is 0 Å². The molecule has 3 rings (SSSR count). The highest BCUT2D eigenvalue weighted by Crippen LogP contribution is 2.17. The molecule has 3 heterocycles. The third-order valence-electron chi connectivity index (χ3n) is 5.80. The molecule has 0 unspecified atom stereocenters. The fraction of sp³-hybridized carbons (Fsp3) is 0.750. The number of rotatable bonds is 6. The molecule has 1 aromatic rings. The Kier molecular flexibility index (Phi) is 7.30. The van der Waals surface area contributed by atoms with Crippen molar-refractivity contribution in [3.8, 4) is 0 Å². The van der Waals surface area contributed by atoms with Crippen LogP contribution in [-0.2, 0) is 11.8 Å². The number of piperidine rings is 1. The van der Waals surface area contributed by atoms with Gasteiger partial charge in [0.1, 0.15) is 6.54 Å². The van der Waals surface area contributed by atoms with Crippen LogP contribution >= 0.6 is 0 Å². The number of guanidine groups is 1. The van der Waals surface area contributed by atoms with Gasteiger partial charge in [-0.05, 0) is 51.2 Å². The maximum atomic E-state index is 12.6. The van der Waals surface area contributed by atoms with Crippen LogP contribution in [0.5, 0.6) is 0 Å². The smallest absolute Gasteiger partial charge is 0.246 e. The zero-order chi connectivity index (χ0) is 19.9. The largest absolute Gasteiger partial charge is 0.356 e. The van der Waals surface area contributed by atoms with Crippen LogP contribution in [0.3, 0.4) is 0 Å². The first-order valence-corrected chi connectivity index (χ1v) is 10.5. The second-order valence-corrected chi connectivity index (χ2v) is 8.04. The van der Waals surface area contributed by atoms with Crippen LogP contribution in [0.15, 0.2) is 17.4 Å². The normalized spacial score (nSPS) is 20.1. The number of amides is 1. The second kappa shape index (κ2) is 9.91. The summed E-state index contributed by atoms with van der Waals surface area (Å²) in [7, 11) is 3.65. The molecule has 0 aromatic carbocycles. The Morgan fingerprint density at radius 3 is 2.68 bits per heavy atom. The Hall–Kier alpha value is -2.09. The monoisotopic (exact) mass is 389 g/mol. The summed E-state index contributed by atoms with van der Waals surface area (Å²) < 4.78 is 1.72. The van der Waals surface area contributed by atoms with Gasteiger partial charge in [0.2, 0.25) is 5.91 Å². The number of anilines is 1. The number of piperazine rings is 1. The van der Waals surface area contributed by atoms with Crippen molar-refractivity contribution in [2.24, 2.45) is 18.0 Å². The first-order chi connectivity index (χ1) is 13.6. The molecule has 1 aromatic heterocycles. The first-order valence-electron chi connectivity index (χ1n) is 10.5. The van der Waals surface area contributed by atoms with Crippen LogP contribution in [0.4, 0.5) is 5.69 Å². The van der Waals surface area contributed by atoms with E-state index in [0.29, 0.717) is 13.1 Å².